The molecule has 1 aliphatic rings. The quantitative estimate of drug-likeness (QED) is 0.218. The monoisotopic (exact) mass is 464 g/mol. The van der Waals surface area contributed by atoms with Crippen LogP contribution < -0.4 is 0 Å². The number of carbonyl (C=O) groups is 2. The lowest BCUT2D eigenvalue weighted by Crippen LogP contribution is -2.31. The molecule has 0 radical (unpaired) electrons. The van der Waals surface area contributed by atoms with Crippen molar-refractivity contribution in [2.24, 2.45) is 0 Å². The molecule has 0 spiro atoms. The average Bonchev–Trinajstić information content (AvgIpc) is 3.41. The molecule has 4 aromatic rings. The van der Waals surface area contributed by atoms with Gasteiger partial charge in [0.1, 0.15) is 5.76 Å². The normalized spacial score (nSPS) is 17.4. The van der Waals surface area contributed by atoms with Crippen LogP contribution in [0.5, 0.6) is 0 Å². The molecular weight excluding hydrogens is 436 g/mol. The molecule has 5 nitrogen and oxygen atoms in total. The Kier molecular flexibility index (Phi) is 6.00. The van der Waals surface area contributed by atoms with E-state index in [2.05, 4.69) is 11.9 Å². The summed E-state index contributed by atoms with van der Waals surface area (Å²) in [6.45, 7) is 4.40. The third-order valence-electron chi connectivity index (χ3n) is 6.87. The van der Waals surface area contributed by atoms with Gasteiger partial charge >= 0.3 is 0 Å². The van der Waals surface area contributed by atoms with Crippen molar-refractivity contribution in [3.63, 3.8) is 0 Å². The average molecular weight is 465 g/mol. The summed E-state index contributed by atoms with van der Waals surface area (Å²) in [6.07, 6.45) is 3.44. The van der Waals surface area contributed by atoms with Crippen molar-refractivity contribution in [1.82, 2.24) is 9.88 Å². The first kappa shape index (κ1) is 22.7. The summed E-state index contributed by atoms with van der Waals surface area (Å²) < 4.78 is 0. The lowest BCUT2D eigenvalue weighted by Gasteiger charge is -2.25. The first-order valence-corrected chi connectivity index (χ1v) is 12.0. The topological polar surface area (TPSA) is 73.4 Å². The second-order valence-electron chi connectivity index (χ2n) is 9.06. The molecule has 1 atom stereocenters. The van der Waals surface area contributed by atoms with Gasteiger partial charge in [0.05, 0.1) is 11.6 Å². The summed E-state index contributed by atoms with van der Waals surface area (Å²) >= 11 is 0. The molecule has 0 saturated carbocycles. The Bertz CT molecular complexity index is 1430. The van der Waals surface area contributed by atoms with Crippen LogP contribution in [0.1, 0.15) is 40.8 Å². The Morgan fingerprint density at radius 3 is 2.40 bits per heavy atom. The number of carbonyl (C=O) groups excluding carboxylic acids is 2. The summed E-state index contributed by atoms with van der Waals surface area (Å²) in [5, 5.41) is 12.3. The van der Waals surface area contributed by atoms with Gasteiger partial charge in [-0.05, 0) is 42.5 Å². The number of likely N-dealkylation sites (tertiary alicyclic amines) is 1. The van der Waals surface area contributed by atoms with E-state index >= 15 is 0 Å². The van der Waals surface area contributed by atoms with Gasteiger partial charge in [0.25, 0.3) is 11.7 Å². The van der Waals surface area contributed by atoms with Crippen molar-refractivity contribution in [2.45, 2.75) is 32.7 Å². The molecule has 1 aromatic heterocycles. The number of hydrogen-bond acceptors (Lipinski definition) is 3. The zero-order valence-electron chi connectivity index (χ0n) is 19.9. The van der Waals surface area contributed by atoms with Gasteiger partial charge in [0.2, 0.25) is 0 Å². The molecule has 0 aliphatic carbocycles. The van der Waals surface area contributed by atoms with Crippen molar-refractivity contribution >= 4 is 28.4 Å². The second kappa shape index (κ2) is 9.26. The van der Waals surface area contributed by atoms with Gasteiger partial charge in [-0.15, -0.1) is 0 Å². The Hall–Kier alpha value is -4.12. The third-order valence-corrected chi connectivity index (χ3v) is 6.87. The lowest BCUT2D eigenvalue weighted by molar-refractivity contribution is -0.139. The molecule has 0 unspecified atom stereocenters. The smallest absolute Gasteiger partial charge is 0.295 e. The molecule has 1 aliphatic heterocycles. The molecule has 5 rings (SSSR count). The number of H-pyrrole nitrogens is 1. The molecule has 1 amide bonds. The van der Waals surface area contributed by atoms with Crippen molar-refractivity contribution in [3.05, 3.63) is 112 Å². The number of benzene rings is 3. The van der Waals surface area contributed by atoms with Gasteiger partial charge in [0.15, 0.2) is 0 Å². The summed E-state index contributed by atoms with van der Waals surface area (Å²) in [7, 11) is 0. The van der Waals surface area contributed by atoms with Gasteiger partial charge in [0, 0.05) is 29.2 Å². The number of aliphatic hydroxyl groups is 1. The number of rotatable bonds is 6. The van der Waals surface area contributed by atoms with E-state index in [0.29, 0.717) is 18.5 Å². The molecule has 3 aromatic carbocycles. The zero-order chi connectivity index (χ0) is 24.5. The van der Waals surface area contributed by atoms with E-state index in [1.165, 1.54) is 5.56 Å². The number of aromatic nitrogens is 1. The molecule has 2 heterocycles. The Balaban J connectivity index is 1.56. The van der Waals surface area contributed by atoms with Gasteiger partial charge in [-0.3, -0.25) is 9.59 Å². The number of fused-ring (bicyclic) bond motifs is 1. The molecule has 1 fully saturated rings. The molecule has 5 heteroatoms. The highest BCUT2D eigenvalue weighted by atomic mass is 16.3. The van der Waals surface area contributed by atoms with Crippen molar-refractivity contribution in [2.75, 3.05) is 6.54 Å². The number of Topliss-reactive ketones (excluding diaryl/α,β-unsaturated/α-hetero) is 1. The van der Waals surface area contributed by atoms with Crippen LogP contribution in [0.15, 0.2) is 84.6 Å². The van der Waals surface area contributed by atoms with Crippen LogP contribution in [-0.4, -0.2) is 33.2 Å². The van der Waals surface area contributed by atoms with E-state index in [0.717, 1.165) is 34.0 Å². The minimum atomic E-state index is -0.647. The zero-order valence-corrected chi connectivity index (χ0v) is 19.9. The fourth-order valence-electron chi connectivity index (χ4n) is 4.84. The number of aryl methyl sites for hydroxylation is 2. The van der Waals surface area contributed by atoms with Crippen molar-refractivity contribution in [3.8, 4) is 0 Å². The maximum absolute atomic E-state index is 13.3. The van der Waals surface area contributed by atoms with Gasteiger partial charge in [-0.2, -0.15) is 0 Å². The lowest BCUT2D eigenvalue weighted by atomic mass is 9.94. The number of aliphatic hydroxyl groups excluding tert-OH is 1. The predicted molar refractivity (Wildman–Crippen MR) is 138 cm³/mol. The third kappa shape index (κ3) is 4.14. The maximum atomic E-state index is 13.3. The van der Waals surface area contributed by atoms with E-state index in [4.69, 9.17) is 0 Å². The number of hydrogen-bond donors (Lipinski definition) is 2. The molecule has 1 saturated heterocycles. The first-order chi connectivity index (χ1) is 17.0. The SMILES string of the molecule is CCc1ccc([C@H]2C(=C(O)c3ccc(C)cc3)C(=O)C(=O)N2CCc2c[nH]c3ccccc23)cc1. The molecule has 176 valence electrons. The van der Waals surface area contributed by atoms with Crippen LogP contribution in [-0.2, 0) is 22.4 Å². The van der Waals surface area contributed by atoms with Crippen LogP contribution in [0.25, 0.3) is 16.7 Å². The molecular formula is C30H28N2O3. The second-order valence-corrected chi connectivity index (χ2v) is 9.06. The van der Waals surface area contributed by atoms with Crippen molar-refractivity contribution in [1.29, 1.82) is 0 Å². The minimum absolute atomic E-state index is 0.137. The minimum Gasteiger partial charge on any atom is -0.507 e. The van der Waals surface area contributed by atoms with Crippen molar-refractivity contribution < 1.29 is 14.7 Å². The highest BCUT2D eigenvalue weighted by molar-refractivity contribution is 6.46. The van der Waals surface area contributed by atoms with Crippen LogP contribution >= 0.6 is 0 Å². The standard InChI is InChI=1S/C30H28N2O3/c1-3-20-10-14-21(15-11-20)27-26(28(33)22-12-8-19(2)9-13-22)29(34)30(35)32(27)17-16-23-18-31-25-7-5-4-6-24(23)25/h4-15,18,27,31,33H,3,16-17H2,1-2H3/t27-/m0/s1. The fraction of sp³-hybridized carbons (Fsp3) is 0.200. The molecule has 0 bridgehead atoms. The van der Waals surface area contributed by atoms with E-state index in [1.807, 2.05) is 73.8 Å². The highest BCUT2D eigenvalue weighted by Gasteiger charge is 2.45. The number of nitrogens with zero attached hydrogens (tertiary/aromatic N) is 1. The number of ketones is 1. The molecule has 2 N–H and O–H groups in total. The summed E-state index contributed by atoms with van der Waals surface area (Å²) in [4.78, 5) is 31.4. The van der Waals surface area contributed by atoms with Gasteiger partial charge in [-0.25, -0.2) is 0 Å². The Morgan fingerprint density at radius 1 is 0.971 bits per heavy atom. The van der Waals surface area contributed by atoms with Crippen LogP contribution in [0.3, 0.4) is 0 Å². The van der Waals surface area contributed by atoms with Crippen LogP contribution in [0, 0.1) is 6.92 Å². The summed E-state index contributed by atoms with van der Waals surface area (Å²) in [5.41, 5.74) is 5.82. The summed E-state index contributed by atoms with van der Waals surface area (Å²) in [5.74, 6) is -1.36. The van der Waals surface area contributed by atoms with Crippen LogP contribution in [0.2, 0.25) is 0 Å². The van der Waals surface area contributed by atoms with E-state index in [-0.39, 0.29) is 11.3 Å². The highest BCUT2D eigenvalue weighted by Crippen LogP contribution is 2.39. The maximum Gasteiger partial charge on any atom is 0.295 e. The number of para-hydroxylation sites is 1. The fourth-order valence-corrected chi connectivity index (χ4v) is 4.84. The number of aromatic amines is 1. The number of nitrogens with one attached hydrogen (secondary N) is 1. The largest absolute Gasteiger partial charge is 0.507 e. The molecule has 35 heavy (non-hydrogen) atoms. The number of amides is 1. The van der Waals surface area contributed by atoms with E-state index < -0.39 is 17.7 Å². The van der Waals surface area contributed by atoms with Gasteiger partial charge < -0.3 is 15.0 Å². The Morgan fingerprint density at radius 2 is 1.69 bits per heavy atom. The van der Waals surface area contributed by atoms with Crippen LogP contribution in [0.4, 0.5) is 0 Å². The van der Waals surface area contributed by atoms with E-state index in [1.54, 1.807) is 17.0 Å². The Labute approximate surface area is 204 Å². The predicted octanol–water partition coefficient (Wildman–Crippen LogP) is 5.70. The van der Waals surface area contributed by atoms with E-state index in [9.17, 15) is 14.7 Å². The first-order valence-electron chi connectivity index (χ1n) is 12.0. The van der Waals surface area contributed by atoms with Gasteiger partial charge in [-0.1, -0.05) is 79.2 Å². The summed E-state index contributed by atoms with van der Waals surface area (Å²) in [6, 6.07) is 22.6.